The molecular weight excluding hydrogens is 224 g/mol. The van der Waals surface area contributed by atoms with Crippen LogP contribution in [0.1, 0.15) is 10.4 Å². The number of benzene rings is 1. The Morgan fingerprint density at radius 2 is 2.35 bits per heavy atom. The highest BCUT2D eigenvalue weighted by molar-refractivity contribution is 5.95. The van der Waals surface area contributed by atoms with Gasteiger partial charge in [-0.1, -0.05) is 6.08 Å². The van der Waals surface area contributed by atoms with Gasteiger partial charge in [0.2, 0.25) is 0 Å². The van der Waals surface area contributed by atoms with Gasteiger partial charge < -0.3 is 10.1 Å². The van der Waals surface area contributed by atoms with Crippen molar-refractivity contribution < 1.29 is 14.5 Å². The number of nitro groups is 1. The van der Waals surface area contributed by atoms with Crippen LogP contribution in [-0.2, 0) is 0 Å². The van der Waals surface area contributed by atoms with E-state index in [4.69, 9.17) is 4.74 Å². The zero-order valence-corrected chi connectivity index (χ0v) is 9.30. The molecule has 1 N–H and O–H groups in total. The predicted octanol–water partition coefficient (Wildman–Crippen LogP) is 1.52. The van der Waals surface area contributed by atoms with Crippen LogP contribution >= 0.6 is 0 Å². The molecule has 90 valence electrons. The highest BCUT2D eigenvalue weighted by Crippen LogP contribution is 2.27. The summed E-state index contributed by atoms with van der Waals surface area (Å²) in [5, 5.41) is 13.2. The van der Waals surface area contributed by atoms with E-state index in [0.29, 0.717) is 12.1 Å². The van der Waals surface area contributed by atoms with E-state index in [2.05, 4.69) is 11.9 Å². The van der Waals surface area contributed by atoms with Gasteiger partial charge in [-0.15, -0.1) is 6.58 Å². The second-order valence-electron chi connectivity index (χ2n) is 3.14. The lowest BCUT2D eigenvalue weighted by Crippen LogP contribution is -2.23. The lowest BCUT2D eigenvalue weighted by molar-refractivity contribution is -0.385. The van der Waals surface area contributed by atoms with E-state index in [-0.39, 0.29) is 17.3 Å². The first-order valence-electron chi connectivity index (χ1n) is 4.81. The summed E-state index contributed by atoms with van der Waals surface area (Å²) in [4.78, 5) is 21.6. The minimum atomic E-state index is -0.565. The van der Waals surface area contributed by atoms with Crippen molar-refractivity contribution in [2.45, 2.75) is 0 Å². The fourth-order valence-corrected chi connectivity index (χ4v) is 1.24. The maximum absolute atomic E-state index is 11.6. The number of amides is 1. The van der Waals surface area contributed by atoms with Crippen LogP contribution in [0.2, 0.25) is 0 Å². The monoisotopic (exact) mass is 236 g/mol. The topological polar surface area (TPSA) is 81.5 Å². The molecule has 1 rings (SSSR count). The molecule has 1 amide bonds. The minimum absolute atomic E-state index is 0.0567. The number of nitrogens with zero attached hydrogens (tertiary/aromatic N) is 1. The molecule has 0 unspecified atom stereocenters. The molecule has 17 heavy (non-hydrogen) atoms. The highest BCUT2D eigenvalue weighted by atomic mass is 16.6. The number of hydrogen-bond donors (Lipinski definition) is 1. The molecule has 6 heteroatoms. The Labute approximate surface area is 98.0 Å². The molecule has 0 heterocycles. The summed E-state index contributed by atoms with van der Waals surface area (Å²) in [7, 11) is 1.31. The zero-order chi connectivity index (χ0) is 12.8. The fourth-order valence-electron chi connectivity index (χ4n) is 1.24. The molecule has 0 aromatic heterocycles. The van der Waals surface area contributed by atoms with Gasteiger partial charge in [0.15, 0.2) is 5.75 Å². The van der Waals surface area contributed by atoms with Crippen molar-refractivity contribution in [1.29, 1.82) is 0 Å². The first-order chi connectivity index (χ1) is 8.10. The molecule has 0 aliphatic carbocycles. The molecule has 0 radical (unpaired) electrons. The van der Waals surface area contributed by atoms with Gasteiger partial charge in [0.25, 0.3) is 5.91 Å². The standard InChI is InChI=1S/C11H12N2O4/c1-3-6-12-11(14)8-4-5-9(13(15)16)10(7-8)17-2/h3-5,7H,1,6H2,2H3,(H,12,14). The summed E-state index contributed by atoms with van der Waals surface area (Å²) >= 11 is 0. The molecule has 1 aromatic rings. The largest absolute Gasteiger partial charge is 0.490 e. The maximum Gasteiger partial charge on any atom is 0.310 e. The van der Waals surface area contributed by atoms with Crippen molar-refractivity contribution in [3.8, 4) is 5.75 Å². The molecule has 6 nitrogen and oxygen atoms in total. The molecule has 0 saturated heterocycles. The Morgan fingerprint density at radius 3 is 2.88 bits per heavy atom. The van der Waals surface area contributed by atoms with Crippen LogP contribution in [0.4, 0.5) is 5.69 Å². The second-order valence-corrected chi connectivity index (χ2v) is 3.14. The molecule has 0 bridgehead atoms. The van der Waals surface area contributed by atoms with Crippen molar-refractivity contribution in [2.75, 3.05) is 13.7 Å². The third kappa shape index (κ3) is 3.04. The molecule has 0 spiro atoms. The minimum Gasteiger partial charge on any atom is -0.490 e. The van der Waals surface area contributed by atoms with Gasteiger partial charge >= 0.3 is 5.69 Å². The van der Waals surface area contributed by atoms with Crippen LogP contribution < -0.4 is 10.1 Å². The number of nitro benzene ring substituents is 1. The van der Waals surface area contributed by atoms with Gasteiger partial charge in [-0.25, -0.2) is 0 Å². The highest BCUT2D eigenvalue weighted by Gasteiger charge is 2.16. The number of ether oxygens (including phenoxy) is 1. The quantitative estimate of drug-likeness (QED) is 0.477. The fraction of sp³-hybridized carbons (Fsp3) is 0.182. The number of nitrogens with one attached hydrogen (secondary N) is 1. The number of methoxy groups -OCH3 is 1. The summed E-state index contributed by atoms with van der Waals surface area (Å²) in [6.45, 7) is 3.80. The second kappa shape index (κ2) is 5.64. The summed E-state index contributed by atoms with van der Waals surface area (Å²) in [5.41, 5.74) is 0.127. The Bertz CT molecular complexity index is 457. The molecule has 0 saturated carbocycles. The first kappa shape index (κ1) is 12.7. The molecule has 0 aliphatic rings. The lowest BCUT2D eigenvalue weighted by atomic mass is 10.2. The van der Waals surface area contributed by atoms with E-state index in [0.717, 1.165) is 0 Å². The number of carbonyl (C=O) groups excluding carboxylic acids is 1. The van der Waals surface area contributed by atoms with Crippen molar-refractivity contribution in [3.63, 3.8) is 0 Å². The average molecular weight is 236 g/mol. The maximum atomic E-state index is 11.6. The summed E-state index contributed by atoms with van der Waals surface area (Å²) in [6, 6.07) is 3.94. The zero-order valence-electron chi connectivity index (χ0n) is 9.30. The van der Waals surface area contributed by atoms with Crippen LogP contribution in [0.15, 0.2) is 30.9 Å². The average Bonchev–Trinajstić information content (AvgIpc) is 2.34. The van der Waals surface area contributed by atoms with Crippen LogP contribution in [0.5, 0.6) is 5.75 Å². The Balaban J connectivity index is 3.00. The number of hydrogen-bond acceptors (Lipinski definition) is 4. The van der Waals surface area contributed by atoms with Gasteiger partial charge in [-0.3, -0.25) is 14.9 Å². The van der Waals surface area contributed by atoms with Gasteiger partial charge in [0, 0.05) is 24.2 Å². The molecular formula is C11H12N2O4. The van der Waals surface area contributed by atoms with E-state index in [1.807, 2.05) is 0 Å². The van der Waals surface area contributed by atoms with Gasteiger partial charge in [0.1, 0.15) is 0 Å². The van der Waals surface area contributed by atoms with Gasteiger partial charge in [0.05, 0.1) is 12.0 Å². The number of carbonyl (C=O) groups is 1. The van der Waals surface area contributed by atoms with Crippen molar-refractivity contribution >= 4 is 11.6 Å². The van der Waals surface area contributed by atoms with Gasteiger partial charge in [-0.2, -0.15) is 0 Å². The lowest BCUT2D eigenvalue weighted by Gasteiger charge is -2.05. The van der Waals surface area contributed by atoms with E-state index in [1.165, 1.54) is 25.3 Å². The van der Waals surface area contributed by atoms with Crippen LogP contribution in [-0.4, -0.2) is 24.5 Å². The third-order valence-corrected chi connectivity index (χ3v) is 2.05. The van der Waals surface area contributed by atoms with Crippen molar-refractivity contribution in [3.05, 3.63) is 46.5 Å². The molecule has 0 atom stereocenters. The summed E-state index contributed by atoms with van der Waals surface area (Å²) < 4.78 is 4.86. The Morgan fingerprint density at radius 1 is 1.65 bits per heavy atom. The Kier molecular flexibility index (Phi) is 4.21. The third-order valence-electron chi connectivity index (χ3n) is 2.05. The van der Waals surface area contributed by atoms with Crippen LogP contribution in [0.3, 0.4) is 0 Å². The summed E-state index contributed by atoms with van der Waals surface area (Å²) in [5.74, 6) is -0.278. The van der Waals surface area contributed by atoms with Crippen LogP contribution in [0.25, 0.3) is 0 Å². The van der Waals surface area contributed by atoms with E-state index < -0.39 is 4.92 Å². The van der Waals surface area contributed by atoms with E-state index >= 15 is 0 Å². The van der Waals surface area contributed by atoms with Crippen molar-refractivity contribution in [2.24, 2.45) is 0 Å². The van der Waals surface area contributed by atoms with Crippen LogP contribution in [0, 0.1) is 10.1 Å². The smallest absolute Gasteiger partial charge is 0.310 e. The molecule has 0 aliphatic heterocycles. The van der Waals surface area contributed by atoms with E-state index in [9.17, 15) is 14.9 Å². The van der Waals surface area contributed by atoms with Gasteiger partial charge in [-0.05, 0) is 6.07 Å². The SMILES string of the molecule is C=CCNC(=O)c1ccc([N+](=O)[O-])c(OC)c1. The first-order valence-corrected chi connectivity index (χ1v) is 4.81. The predicted molar refractivity (Wildman–Crippen MR) is 62.2 cm³/mol. The summed E-state index contributed by atoms with van der Waals surface area (Å²) in [6.07, 6.45) is 1.54. The van der Waals surface area contributed by atoms with Crippen molar-refractivity contribution in [1.82, 2.24) is 5.32 Å². The normalized spacial score (nSPS) is 9.47. The molecule has 0 fully saturated rings. The molecule has 1 aromatic carbocycles. The van der Waals surface area contributed by atoms with E-state index in [1.54, 1.807) is 6.08 Å². The number of rotatable bonds is 5. The Hall–Kier alpha value is -2.37.